The second-order valence-corrected chi connectivity index (χ2v) is 3.75. The first-order valence-corrected chi connectivity index (χ1v) is 5.16. The molecule has 1 saturated carbocycles. The number of amides is 2. The van der Waals surface area contributed by atoms with Crippen LogP contribution in [0.5, 0.6) is 0 Å². The zero-order valence-electron chi connectivity index (χ0n) is 8.77. The first-order chi connectivity index (χ1) is 7.68. The number of rotatable bonds is 2. The molecule has 0 aromatic carbocycles. The number of nitrogens with two attached hydrogens (primary N) is 1. The first-order valence-electron chi connectivity index (χ1n) is 5.16. The summed E-state index contributed by atoms with van der Waals surface area (Å²) in [6.45, 7) is 0. The molecule has 1 aliphatic rings. The van der Waals surface area contributed by atoms with Crippen LogP contribution in [0.2, 0.25) is 0 Å². The van der Waals surface area contributed by atoms with Gasteiger partial charge in [0.1, 0.15) is 0 Å². The summed E-state index contributed by atoms with van der Waals surface area (Å²) in [4.78, 5) is 12.8. The number of carbonyl (C=O) groups is 1. The average molecular weight is 222 g/mol. The summed E-state index contributed by atoms with van der Waals surface area (Å²) in [6, 6.07) is 3.01. The fraction of sp³-hybridized carbons (Fsp3) is 0.400. The quantitative estimate of drug-likeness (QED) is 0.519. The third-order valence-corrected chi connectivity index (χ3v) is 2.60. The van der Waals surface area contributed by atoms with Crippen molar-refractivity contribution in [3.05, 3.63) is 18.4 Å². The van der Waals surface area contributed by atoms with Crippen LogP contribution in [0.25, 0.3) is 0 Å². The van der Waals surface area contributed by atoms with E-state index in [1.807, 2.05) is 0 Å². The molecule has 1 heterocycles. The molecule has 2 amide bonds. The van der Waals surface area contributed by atoms with E-state index in [0.29, 0.717) is 0 Å². The van der Waals surface area contributed by atoms with Gasteiger partial charge in [-0.1, -0.05) is 0 Å². The van der Waals surface area contributed by atoms with Gasteiger partial charge in [0.25, 0.3) is 0 Å². The largest absolute Gasteiger partial charge is 0.448 e. The summed E-state index contributed by atoms with van der Waals surface area (Å²) in [5.74, 6) is -0.101. The molecule has 0 saturated heterocycles. The van der Waals surface area contributed by atoms with Gasteiger partial charge < -0.3 is 15.5 Å². The van der Waals surface area contributed by atoms with Gasteiger partial charge in [-0.2, -0.15) is 0 Å². The van der Waals surface area contributed by atoms with E-state index >= 15 is 0 Å². The van der Waals surface area contributed by atoms with Gasteiger partial charge in [0.15, 0.2) is 0 Å². The molecule has 0 spiro atoms. The number of guanidine groups is 1. The highest BCUT2D eigenvalue weighted by atomic mass is 16.3. The van der Waals surface area contributed by atoms with E-state index in [1.165, 1.54) is 6.26 Å². The molecule has 6 heteroatoms. The molecular weight excluding hydrogens is 208 g/mol. The second-order valence-electron chi connectivity index (χ2n) is 3.75. The van der Waals surface area contributed by atoms with E-state index in [0.717, 1.165) is 24.2 Å². The van der Waals surface area contributed by atoms with E-state index in [4.69, 9.17) is 15.6 Å². The molecule has 1 fully saturated rings. The fourth-order valence-electron chi connectivity index (χ4n) is 1.52. The lowest BCUT2D eigenvalue weighted by molar-refractivity contribution is 0.236. The molecule has 0 aliphatic heterocycles. The summed E-state index contributed by atoms with van der Waals surface area (Å²) >= 11 is 0. The smallest absolute Gasteiger partial charge is 0.331 e. The molecule has 2 rings (SSSR count). The van der Waals surface area contributed by atoms with Crippen LogP contribution in [0, 0.1) is 5.41 Å². The van der Waals surface area contributed by atoms with Crippen LogP contribution in [0.3, 0.4) is 0 Å². The van der Waals surface area contributed by atoms with Gasteiger partial charge in [0, 0.05) is 12.1 Å². The first kappa shape index (κ1) is 10.5. The highest BCUT2D eigenvalue weighted by Gasteiger charge is 2.26. The minimum atomic E-state index is -0.410. The van der Waals surface area contributed by atoms with E-state index in [2.05, 4.69) is 5.32 Å². The van der Waals surface area contributed by atoms with E-state index in [-0.39, 0.29) is 17.9 Å². The number of carbonyl (C=O) groups excluding carboxylic acids is 1. The van der Waals surface area contributed by atoms with E-state index < -0.39 is 6.03 Å². The maximum Gasteiger partial charge on any atom is 0.331 e. The van der Waals surface area contributed by atoms with Gasteiger partial charge >= 0.3 is 6.03 Å². The number of hydrogen-bond donors (Lipinski definition) is 3. The Morgan fingerprint density at radius 2 is 2.38 bits per heavy atom. The average Bonchev–Trinajstić information content (AvgIpc) is 2.64. The molecule has 6 nitrogen and oxygen atoms in total. The molecule has 0 atom stereocenters. The summed E-state index contributed by atoms with van der Waals surface area (Å²) in [5, 5.41) is 10.2. The molecule has 16 heavy (non-hydrogen) atoms. The Morgan fingerprint density at radius 3 is 2.81 bits per heavy atom. The standard InChI is InChI=1S/C10H14N4O2/c11-9(12)14(8-5-2-6-16-8)10(15)13-7-3-1-4-7/h2,5-7H,1,3-4H2,(H3,11,12)(H,13,15). The molecule has 0 radical (unpaired) electrons. The Balaban J connectivity index is 2.07. The van der Waals surface area contributed by atoms with Crippen LogP contribution in [-0.4, -0.2) is 18.0 Å². The summed E-state index contributed by atoms with van der Waals surface area (Å²) in [6.07, 6.45) is 4.53. The van der Waals surface area contributed by atoms with Gasteiger partial charge in [-0.15, -0.1) is 0 Å². The van der Waals surface area contributed by atoms with Crippen molar-refractivity contribution >= 4 is 17.9 Å². The topological polar surface area (TPSA) is 95.4 Å². The highest BCUT2D eigenvalue weighted by molar-refractivity contribution is 6.12. The Kier molecular flexibility index (Phi) is 2.80. The van der Waals surface area contributed by atoms with Crippen molar-refractivity contribution in [3.8, 4) is 0 Å². The van der Waals surface area contributed by atoms with E-state index in [1.54, 1.807) is 12.1 Å². The minimum Gasteiger partial charge on any atom is -0.448 e. The van der Waals surface area contributed by atoms with Crippen molar-refractivity contribution in [2.24, 2.45) is 5.73 Å². The molecule has 1 aromatic rings. The van der Waals surface area contributed by atoms with Crippen LogP contribution in [0.1, 0.15) is 19.3 Å². The molecule has 1 aromatic heterocycles. The van der Waals surface area contributed by atoms with Crippen LogP contribution < -0.4 is 16.0 Å². The number of nitrogens with one attached hydrogen (secondary N) is 2. The number of anilines is 1. The molecule has 0 unspecified atom stereocenters. The van der Waals surface area contributed by atoms with Crippen LogP contribution >= 0.6 is 0 Å². The van der Waals surface area contributed by atoms with Gasteiger partial charge in [-0.3, -0.25) is 5.41 Å². The molecule has 4 N–H and O–H groups in total. The van der Waals surface area contributed by atoms with Crippen molar-refractivity contribution in [2.75, 3.05) is 4.90 Å². The minimum absolute atomic E-state index is 0.198. The zero-order valence-corrected chi connectivity index (χ0v) is 8.77. The lowest BCUT2D eigenvalue weighted by atomic mass is 9.93. The summed E-state index contributed by atoms with van der Waals surface area (Å²) in [7, 11) is 0. The third kappa shape index (κ3) is 2.00. The zero-order chi connectivity index (χ0) is 11.5. The normalized spacial score (nSPS) is 15.2. The predicted molar refractivity (Wildman–Crippen MR) is 59.3 cm³/mol. The maximum atomic E-state index is 11.8. The molecule has 86 valence electrons. The van der Waals surface area contributed by atoms with Crippen LogP contribution in [0.15, 0.2) is 22.8 Å². The van der Waals surface area contributed by atoms with Crippen molar-refractivity contribution in [1.82, 2.24) is 5.32 Å². The molecular formula is C10H14N4O2. The SMILES string of the molecule is N=C(N)N(C(=O)NC1CCC1)c1ccco1. The number of urea groups is 1. The van der Waals surface area contributed by atoms with Gasteiger partial charge in [0.2, 0.25) is 11.8 Å². The lowest BCUT2D eigenvalue weighted by Gasteiger charge is -2.28. The highest BCUT2D eigenvalue weighted by Crippen LogP contribution is 2.20. The third-order valence-electron chi connectivity index (χ3n) is 2.60. The Bertz CT molecular complexity index is 384. The number of furan rings is 1. The number of hydrogen-bond acceptors (Lipinski definition) is 3. The monoisotopic (exact) mass is 222 g/mol. The summed E-state index contributed by atoms with van der Waals surface area (Å²) < 4.78 is 5.06. The van der Waals surface area contributed by atoms with Gasteiger partial charge in [0.05, 0.1) is 6.26 Å². The van der Waals surface area contributed by atoms with Crippen LogP contribution in [0.4, 0.5) is 10.7 Å². The van der Waals surface area contributed by atoms with Crippen molar-refractivity contribution < 1.29 is 9.21 Å². The maximum absolute atomic E-state index is 11.8. The predicted octanol–water partition coefficient (Wildman–Crippen LogP) is 1.24. The Hall–Kier alpha value is -1.98. The second kappa shape index (κ2) is 4.26. The van der Waals surface area contributed by atoms with Crippen molar-refractivity contribution in [3.63, 3.8) is 0 Å². The van der Waals surface area contributed by atoms with Crippen molar-refractivity contribution in [2.45, 2.75) is 25.3 Å². The lowest BCUT2D eigenvalue weighted by Crippen LogP contribution is -2.51. The van der Waals surface area contributed by atoms with Gasteiger partial charge in [-0.25, -0.2) is 9.69 Å². The van der Waals surface area contributed by atoms with Crippen molar-refractivity contribution in [1.29, 1.82) is 5.41 Å². The summed E-state index contributed by atoms with van der Waals surface area (Å²) in [5.41, 5.74) is 5.35. The molecule has 0 bridgehead atoms. The van der Waals surface area contributed by atoms with Gasteiger partial charge in [-0.05, 0) is 25.3 Å². The van der Waals surface area contributed by atoms with Crippen LogP contribution in [-0.2, 0) is 0 Å². The molecule has 1 aliphatic carbocycles. The Labute approximate surface area is 92.9 Å². The fourth-order valence-corrected chi connectivity index (χ4v) is 1.52. The number of nitrogens with zero attached hydrogens (tertiary/aromatic N) is 1. The van der Waals surface area contributed by atoms with E-state index in [9.17, 15) is 4.79 Å². The Morgan fingerprint density at radius 1 is 1.62 bits per heavy atom.